The molecule has 2 aliphatic rings. The Labute approximate surface area is 325 Å². The number of hydrogen-bond acceptors (Lipinski definition) is 1. The molecule has 0 saturated carbocycles. The van der Waals surface area contributed by atoms with Gasteiger partial charge in [-0.05, 0) is 114 Å². The van der Waals surface area contributed by atoms with E-state index in [1.54, 1.807) is 0 Å². The average molecular weight is 706 g/mol. The molecule has 8 aromatic carbocycles. The first kappa shape index (κ1) is 33.2. The summed E-state index contributed by atoms with van der Waals surface area (Å²) in [7, 11) is 0. The average Bonchev–Trinajstić information content (AvgIpc) is 3.62. The van der Waals surface area contributed by atoms with Crippen LogP contribution in [-0.2, 0) is 10.8 Å². The number of fused-ring (bicyclic) bond motifs is 6. The number of nitrogens with zero attached hydrogens (tertiary/aromatic N) is 1. The lowest BCUT2D eigenvalue weighted by Crippen LogP contribution is -2.16. The number of rotatable bonds is 6. The largest absolute Gasteiger partial charge is 0.310 e. The maximum absolute atomic E-state index is 2.42. The number of hydrogen-bond donors (Lipinski definition) is 0. The highest BCUT2D eigenvalue weighted by atomic mass is 15.1. The van der Waals surface area contributed by atoms with E-state index in [1.165, 1.54) is 77.9 Å². The van der Waals surface area contributed by atoms with Crippen molar-refractivity contribution in [3.05, 3.63) is 210 Å². The van der Waals surface area contributed by atoms with Gasteiger partial charge >= 0.3 is 0 Å². The predicted octanol–water partition coefficient (Wildman–Crippen LogP) is 14.8. The van der Waals surface area contributed by atoms with E-state index in [1.807, 2.05) is 0 Å². The van der Waals surface area contributed by atoms with Gasteiger partial charge in [0.2, 0.25) is 0 Å². The standard InChI is InChI=1S/C54H43N/c1-53(2)49-28-10-8-22-45(49)47-26-14-24-43(51(47)53)38-18-12-20-41(34-38)55(40-32-30-37(31-33-40)36-16-6-5-7-17-36)42-21-13-19-39(35-42)44-25-15-27-48-46-23-9-11-29-50(46)54(3,4)52(44)48/h5-35H,1-4H3. The molecule has 0 spiro atoms. The molecule has 264 valence electrons. The first-order valence-electron chi connectivity index (χ1n) is 19.4. The monoisotopic (exact) mass is 705 g/mol. The van der Waals surface area contributed by atoms with E-state index in [9.17, 15) is 0 Å². The fraction of sp³-hybridized carbons (Fsp3) is 0.111. The Morgan fingerprint density at radius 2 is 0.673 bits per heavy atom. The summed E-state index contributed by atoms with van der Waals surface area (Å²) < 4.78 is 0. The van der Waals surface area contributed by atoms with Gasteiger partial charge in [0.15, 0.2) is 0 Å². The zero-order valence-electron chi connectivity index (χ0n) is 31.8. The van der Waals surface area contributed by atoms with Gasteiger partial charge in [-0.25, -0.2) is 0 Å². The molecule has 8 aromatic rings. The summed E-state index contributed by atoms with van der Waals surface area (Å²) in [5.74, 6) is 0. The highest BCUT2D eigenvalue weighted by Gasteiger charge is 2.38. The topological polar surface area (TPSA) is 3.24 Å². The summed E-state index contributed by atoms with van der Waals surface area (Å²) in [6.45, 7) is 9.49. The second kappa shape index (κ2) is 12.6. The molecule has 0 fully saturated rings. The van der Waals surface area contributed by atoms with E-state index < -0.39 is 0 Å². The molecular formula is C54H43N. The third kappa shape index (κ3) is 5.22. The Hall–Kier alpha value is -6.44. The number of anilines is 3. The fourth-order valence-electron chi connectivity index (χ4n) is 9.68. The molecular weight excluding hydrogens is 663 g/mol. The molecule has 0 unspecified atom stereocenters. The van der Waals surface area contributed by atoms with E-state index in [0.29, 0.717) is 0 Å². The van der Waals surface area contributed by atoms with Crippen molar-refractivity contribution in [2.75, 3.05) is 4.90 Å². The van der Waals surface area contributed by atoms with Crippen LogP contribution in [0.25, 0.3) is 55.6 Å². The zero-order chi connectivity index (χ0) is 37.3. The van der Waals surface area contributed by atoms with Crippen molar-refractivity contribution in [2.24, 2.45) is 0 Å². The Morgan fingerprint density at radius 1 is 0.291 bits per heavy atom. The predicted molar refractivity (Wildman–Crippen MR) is 233 cm³/mol. The molecule has 0 atom stereocenters. The Morgan fingerprint density at radius 3 is 1.18 bits per heavy atom. The van der Waals surface area contributed by atoms with Gasteiger partial charge in [0.25, 0.3) is 0 Å². The van der Waals surface area contributed by atoms with Crippen LogP contribution in [0.4, 0.5) is 17.1 Å². The van der Waals surface area contributed by atoms with Crippen molar-refractivity contribution in [1.29, 1.82) is 0 Å². The molecule has 0 radical (unpaired) electrons. The van der Waals surface area contributed by atoms with Crippen LogP contribution in [0.3, 0.4) is 0 Å². The van der Waals surface area contributed by atoms with Crippen molar-refractivity contribution in [3.63, 3.8) is 0 Å². The smallest absolute Gasteiger partial charge is 0.0467 e. The van der Waals surface area contributed by atoms with Crippen LogP contribution in [0.2, 0.25) is 0 Å². The molecule has 0 aliphatic heterocycles. The fourth-order valence-corrected chi connectivity index (χ4v) is 9.68. The van der Waals surface area contributed by atoms with Crippen LogP contribution in [0, 0.1) is 0 Å². The number of benzene rings is 8. The minimum atomic E-state index is -0.108. The Bertz CT molecular complexity index is 2600. The second-order valence-corrected chi connectivity index (χ2v) is 16.1. The summed E-state index contributed by atoms with van der Waals surface area (Å²) >= 11 is 0. The Balaban J connectivity index is 1.13. The highest BCUT2D eigenvalue weighted by Crippen LogP contribution is 2.54. The minimum Gasteiger partial charge on any atom is -0.310 e. The molecule has 0 heterocycles. The molecule has 1 nitrogen and oxygen atoms in total. The molecule has 0 saturated heterocycles. The second-order valence-electron chi connectivity index (χ2n) is 16.1. The molecule has 0 amide bonds. The van der Waals surface area contributed by atoms with Crippen molar-refractivity contribution >= 4 is 17.1 Å². The third-order valence-electron chi connectivity index (χ3n) is 12.2. The third-order valence-corrected chi connectivity index (χ3v) is 12.2. The van der Waals surface area contributed by atoms with E-state index in [0.717, 1.165) is 17.1 Å². The Kier molecular flexibility index (Phi) is 7.58. The lowest BCUT2D eigenvalue weighted by molar-refractivity contribution is 0.662. The first-order valence-corrected chi connectivity index (χ1v) is 19.4. The van der Waals surface area contributed by atoms with E-state index in [-0.39, 0.29) is 10.8 Å². The van der Waals surface area contributed by atoms with Gasteiger partial charge < -0.3 is 4.90 Å². The maximum Gasteiger partial charge on any atom is 0.0467 e. The normalized spacial score (nSPS) is 14.1. The summed E-state index contributed by atoms with van der Waals surface area (Å²) in [5.41, 5.74) is 21.5. The van der Waals surface area contributed by atoms with Crippen molar-refractivity contribution < 1.29 is 0 Å². The summed E-state index contributed by atoms with van der Waals surface area (Å²) in [4.78, 5) is 2.42. The van der Waals surface area contributed by atoms with Crippen molar-refractivity contribution in [1.82, 2.24) is 0 Å². The highest BCUT2D eigenvalue weighted by molar-refractivity contribution is 5.92. The van der Waals surface area contributed by atoms with Crippen molar-refractivity contribution in [2.45, 2.75) is 38.5 Å². The van der Waals surface area contributed by atoms with Gasteiger partial charge in [-0.2, -0.15) is 0 Å². The maximum atomic E-state index is 2.42. The van der Waals surface area contributed by atoms with Crippen LogP contribution in [0.15, 0.2) is 188 Å². The van der Waals surface area contributed by atoms with Crippen LogP contribution < -0.4 is 4.90 Å². The quantitative estimate of drug-likeness (QED) is 0.166. The van der Waals surface area contributed by atoms with Crippen LogP contribution in [-0.4, -0.2) is 0 Å². The van der Waals surface area contributed by atoms with Gasteiger partial charge in [0.05, 0.1) is 0 Å². The zero-order valence-corrected chi connectivity index (χ0v) is 31.8. The van der Waals surface area contributed by atoms with Crippen LogP contribution in [0.1, 0.15) is 49.9 Å². The van der Waals surface area contributed by atoms with E-state index in [2.05, 4.69) is 221 Å². The first-order chi connectivity index (χ1) is 26.8. The molecule has 1 heteroatoms. The summed E-state index contributed by atoms with van der Waals surface area (Å²) in [6, 6.07) is 69.4. The van der Waals surface area contributed by atoms with Crippen molar-refractivity contribution in [3.8, 4) is 55.6 Å². The lowest BCUT2D eigenvalue weighted by atomic mass is 9.79. The molecule has 2 aliphatic carbocycles. The van der Waals surface area contributed by atoms with Gasteiger partial charge in [-0.15, -0.1) is 0 Å². The molecule has 0 bridgehead atoms. The van der Waals surface area contributed by atoms with E-state index >= 15 is 0 Å². The van der Waals surface area contributed by atoms with Crippen LogP contribution in [0.5, 0.6) is 0 Å². The molecule has 55 heavy (non-hydrogen) atoms. The molecule has 0 aromatic heterocycles. The lowest BCUT2D eigenvalue weighted by Gasteiger charge is -2.28. The SMILES string of the molecule is CC1(C)c2ccccc2-c2cccc(-c3cccc(N(c4ccc(-c5ccccc5)cc4)c4cccc(-c5cccc6c5C(C)(C)c5ccccc5-6)c4)c3)c21. The minimum absolute atomic E-state index is 0.108. The van der Waals surface area contributed by atoms with E-state index in [4.69, 9.17) is 0 Å². The summed E-state index contributed by atoms with van der Waals surface area (Å²) in [6.07, 6.45) is 0. The summed E-state index contributed by atoms with van der Waals surface area (Å²) in [5, 5.41) is 0. The van der Waals surface area contributed by atoms with Gasteiger partial charge in [-0.1, -0.05) is 179 Å². The van der Waals surface area contributed by atoms with Gasteiger partial charge in [0.1, 0.15) is 0 Å². The van der Waals surface area contributed by atoms with Gasteiger partial charge in [0, 0.05) is 27.9 Å². The molecule has 0 N–H and O–H groups in total. The molecule has 10 rings (SSSR count). The van der Waals surface area contributed by atoms with Crippen LogP contribution >= 0.6 is 0 Å². The van der Waals surface area contributed by atoms with Gasteiger partial charge in [-0.3, -0.25) is 0 Å².